The van der Waals surface area contributed by atoms with Crippen LogP contribution in [0.1, 0.15) is 6.42 Å². The molecular weight excluding hydrogens is 184 g/mol. The van der Waals surface area contributed by atoms with E-state index in [4.69, 9.17) is 9.47 Å². The minimum atomic E-state index is -0.168. The summed E-state index contributed by atoms with van der Waals surface area (Å²) in [6.45, 7) is 0.758. The molecule has 52 valence electrons. The van der Waals surface area contributed by atoms with E-state index in [1.165, 1.54) is 0 Å². The third-order valence-electron chi connectivity index (χ3n) is 1.17. The molecule has 0 spiro atoms. The van der Waals surface area contributed by atoms with Crippen molar-refractivity contribution in [1.82, 2.24) is 0 Å². The Balaban J connectivity index is 2.50. The van der Waals surface area contributed by atoms with Crippen molar-refractivity contribution in [2.45, 2.75) is 12.7 Å². The summed E-state index contributed by atoms with van der Waals surface area (Å²) < 4.78 is 11.2. The maximum atomic E-state index is 5.20. The maximum Gasteiger partial charge on any atom is 0.189 e. The highest BCUT2D eigenvalue weighted by Gasteiger charge is 2.13. The van der Waals surface area contributed by atoms with Crippen LogP contribution in [0.25, 0.3) is 0 Å². The smallest absolute Gasteiger partial charge is 0.189 e. The van der Waals surface area contributed by atoms with E-state index in [0.29, 0.717) is 0 Å². The molecule has 2 nitrogen and oxygen atoms in total. The van der Waals surface area contributed by atoms with Gasteiger partial charge in [0.05, 0.1) is 6.61 Å². The molecule has 3 heteroatoms. The van der Waals surface area contributed by atoms with E-state index in [1.807, 2.05) is 0 Å². The summed E-state index contributed by atoms with van der Waals surface area (Å²) in [5, 5.41) is 0. The van der Waals surface area contributed by atoms with Crippen molar-refractivity contribution in [2.75, 3.05) is 13.7 Å². The summed E-state index contributed by atoms with van der Waals surface area (Å²) in [7, 11) is 1.63. The molecule has 0 saturated heterocycles. The van der Waals surface area contributed by atoms with E-state index in [0.717, 1.165) is 17.5 Å². The van der Waals surface area contributed by atoms with Crippen molar-refractivity contribution in [3.8, 4) is 0 Å². The molecule has 0 aromatic carbocycles. The van der Waals surface area contributed by atoms with Crippen LogP contribution in [-0.4, -0.2) is 20.0 Å². The van der Waals surface area contributed by atoms with Crippen molar-refractivity contribution in [2.24, 2.45) is 0 Å². The Morgan fingerprint density at radius 3 is 3.11 bits per heavy atom. The monoisotopic (exact) mass is 192 g/mol. The number of halogens is 1. The highest BCUT2D eigenvalue weighted by atomic mass is 79.9. The Labute approximate surface area is 63.0 Å². The lowest BCUT2D eigenvalue weighted by molar-refractivity contribution is -0.0967. The van der Waals surface area contributed by atoms with Crippen LogP contribution < -0.4 is 0 Å². The fourth-order valence-corrected chi connectivity index (χ4v) is 1.28. The predicted octanol–water partition coefficient (Wildman–Crippen LogP) is 1.66. The summed E-state index contributed by atoms with van der Waals surface area (Å²) in [5.41, 5.74) is 0. The first-order valence-corrected chi connectivity index (χ1v) is 3.64. The van der Waals surface area contributed by atoms with Gasteiger partial charge in [-0.05, 0) is 6.42 Å². The van der Waals surface area contributed by atoms with Crippen LogP contribution >= 0.6 is 15.9 Å². The average molecular weight is 193 g/mol. The zero-order valence-electron chi connectivity index (χ0n) is 5.26. The third-order valence-corrected chi connectivity index (χ3v) is 1.86. The molecule has 1 aliphatic rings. The van der Waals surface area contributed by atoms with Gasteiger partial charge in [0.2, 0.25) is 0 Å². The first kappa shape index (κ1) is 7.25. The molecule has 0 fully saturated rings. The van der Waals surface area contributed by atoms with Gasteiger partial charge in [0.25, 0.3) is 0 Å². The van der Waals surface area contributed by atoms with Crippen molar-refractivity contribution >= 4 is 15.9 Å². The average Bonchev–Trinajstić information content (AvgIpc) is 1.89. The van der Waals surface area contributed by atoms with Crippen LogP contribution in [-0.2, 0) is 9.47 Å². The van der Waals surface area contributed by atoms with E-state index in [-0.39, 0.29) is 6.29 Å². The molecule has 0 radical (unpaired) electrons. The molecular formula is C6H9BrO2. The number of rotatable bonds is 1. The van der Waals surface area contributed by atoms with Gasteiger partial charge in [-0.2, -0.15) is 0 Å². The molecule has 0 aliphatic carbocycles. The Hall–Kier alpha value is 0.140. The quantitative estimate of drug-likeness (QED) is 0.630. The number of methoxy groups -OCH3 is 1. The van der Waals surface area contributed by atoms with E-state index >= 15 is 0 Å². The molecule has 9 heavy (non-hydrogen) atoms. The van der Waals surface area contributed by atoms with Crippen LogP contribution in [0.15, 0.2) is 10.6 Å². The van der Waals surface area contributed by atoms with E-state index in [1.54, 1.807) is 7.11 Å². The molecule has 0 aromatic heterocycles. The van der Waals surface area contributed by atoms with Crippen LogP contribution in [0, 0.1) is 0 Å². The highest BCUT2D eigenvalue weighted by Crippen LogP contribution is 2.19. The Morgan fingerprint density at radius 1 is 1.89 bits per heavy atom. The van der Waals surface area contributed by atoms with Gasteiger partial charge in [0, 0.05) is 11.6 Å². The van der Waals surface area contributed by atoms with E-state index < -0.39 is 0 Å². The van der Waals surface area contributed by atoms with Crippen LogP contribution in [0.2, 0.25) is 0 Å². The second kappa shape index (κ2) is 3.34. The van der Waals surface area contributed by atoms with Crippen LogP contribution in [0.5, 0.6) is 0 Å². The Bertz CT molecular complexity index is 122. The van der Waals surface area contributed by atoms with Crippen molar-refractivity contribution in [3.05, 3.63) is 10.6 Å². The minimum Gasteiger partial charge on any atom is -0.351 e. The topological polar surface area (TPSA) is 18.5 Å². The van der Waals surface area contributed by atoms with Gasteiger partial charge in [-0.15, -0.1) is 0 Å². The minimum absolute atomic E-state index is 0.168. The lowest BCUT2D eigenvalue weighted by Gasteiger charge is -2.18. The standard InChI is InChI=1S/C6H9BrO2/c1-8-6-5(7)3-2-4-9-6/h3,6H,2,4H2,1H3/t6-/m1/s1. The van der Waals surface area contributed by atoms with Gasteiger partial charge in [0.15, 0.2) is 6.29 Å². The number of ether oxygens (including phenoxy) is 2. The fraction of sp³-hybridized carbons (Fsp3) is 0.667. The van der Waals surface area contributed by atoms with E-state index in [2.05, 4.69) is 22.0 Å². The van der Waals surface area contributed by atoms with Crippen molar-refractivity contribution in [3.63, 3.8) is 0 Å². The molecule has 1 heterocycles. The molecule has 0 bridgehead atoms. The predicted molar refractivity (Wildman–Crippen MR) is 38.4 cm³/mol. The zero-order valence-corrected chi connectivity index (χ0v) is 6.85. The molecule has 0 saturated carbocycles. The van der Waals surface area contributed by atoms with Crippen molar-refractivity contribution < 1.29 is 9.47 Å². The molecule has 1 atom stereocenters. The molecule has 0 aromatic rings. The van der Waals surface area contributed by atoms with Crippen LogP contribution in [0.4, 0.5) is 0 Å². The summed E-state index contributed by atoms with van der Waals surface area (Å²) in [4.78, 5) is 0. The first-order valence-electron chi connectivity index (χ1n) is 2.84. The molecule has 0 unspecified atom stereocenters. The molecule has 1 rings (SSSR count). The Kier molecular flexibility index (Phi) is 2.69. The van der Waals surface area contributed by atoms with Gasteiger partial charge >= 0.3 is 0 Å². The largest absolute Gasteiger partial charge is 0.351 e. The summed E-state index contributed by atoms with van der Waals surface area (Å²) in [6, 6.07) is 0. The first-order chi connectivity index (χ1) is 4.34. The van der Waals surface area contributed by atoms with Gasteiger partial charge in [-0.25, -0.2) is 0 Å². The van der Waals surface area contributed by atoms with Crippen LogP contribution in [0.3, 0.4) is 0 Å². The molecule has 0 amide bonds. The van der Waals surface area contributed by atoms with Gasteiger partial charge in [-0.3, -0.25) is 0 Å². The highest BCUT2D eigenvalue weighted by molar-refractivity contribution is 9.11. The number of hydrogen-bond donors (Lipinski definition) is 0. The maximum absolute atomic E-state index is 5.20. The normalized spacial score (nSPS) is 27.8. The molecule has 0 N–H and O–H groups in total. The van der Waals surface area contributed by atoms with Gasteiger partial charge in [-0.1, -0.05) is 22.0 Å². The molecule has 1 aliphatic heterocycles. The SMILES string of the molecule is CO[C@@H]1OCCC=C1Br. The second-order valence-electron chi connectivity index (χ2n) is 1.82. The third kappa shape index (κ3) is 1.78. The summed E-state index contributed by atoms with van der Waals surface area (Å²) in [5.74, 6) is 0. The second-order valence-corrected chi connectivity index (χ2v) is 2.73. The fourth-order valence-electron chi connectivity index (χ4n) is 0.728. The lowest BCUT2D eigenvalue weighted by Crippen LogP contribution is -2.19. The Morgan fingerprint density at radius 2 is 2.67 bits per heavy atom. The van der Waals surface area contributed by atoms with Gasteiger partial charge < -0.3 is 9.47 Å². The summed E-state index contributed by atoms with van der Waals surface area (Å²) >= 11 is 3.33. The van der Waals surface area contributed by atoms with Crippen molar-refractivity contribution in [1.29, 1.82) is 0 Å². The summed E-state index contributed by atoms with van der Waals surface area (Å²) in [6.07, 6.45) is 2.87. The zero-order chi connectivity index (χ0) is 6.69. The van der Waals surface area contributed by atoms with Gasteiger partial charge in [0.1, 0.15) is 0 Å². The number of hydrogen-bond acceptors (Lipinski definition) is 2. The van der Waals surface area contributed by atoms with E-state index in [9.17, 15) is 0 Å². The lowest BCUT2D eigenvalue weighted by atomic mass is 10.3.